The maximum Gasteiger partial charge on any atom is 0.416 e. The van der Waals surface area contributed by atoms with Crippen molar-refractivity contribution in [3.63, 3.8) is 0 Å². The van der Waals surface area contributed by atoms with Crippen LogP contribution in [-0.2, 0) is 6.18 Å². The third-order valence-electron chi connectivity index (χ3n) is 4.07. The molecule has 0 fully saturated rings. The average molecular weight is 350 g/mol. The minimum atomic E-state index is -4.43. The number of ketones is 1. The molecular formula is C19H21F3N2O. The summed E-state index contributed by atoms with van der Waals surface area (Å²) in [5.74, 6) is -0.176. The standard InChI is InChI=1S/C19H21F3N2O/c1-12-5-6-14(9-13(12)2)18(25)11-23-16-10-15(19(20,21)22)7-8-17(16)24(3)4/h5-10,23H,11H2,1-4H3. The molecule has 1 N–H and O–H groups in total. The van der Waals surface area contributed by atoms with Crippen LogP contribution in [0.2, 0.25) is 0 Å². The van der Waals surface area contributed by atoms with Gasteiger partial charge in [0.2, 0.25) is 0 Å². The summed E-state index contributed by atoms with van der Waals surface area (Å²) in [6, 6.07) is 8.84. The second kappa shape index (κ2) is 7.17. The summed E-state index contributed by atoms with van der Waals surface area (Å²) in [6.45, 7) is 3.79. The van der Waals surface area contributed by atoms with Gasteiger partial charge in [-0.15, -0.1) is 0 Å². The Morgan fingerprint density at radius 3 is 2.28 bits per heavy atom. The fourth-order valence-electron chi connectivity index (χ4n) is 2.44. The van der Waals surface area contributed by atoms with Crippen LogP contribution in [-0.4, -0.2) is 26.4 Å². The SMILES string of the molecule is Cc1ccc(C(=O)CNc2cc(C(F)(F)F)ccc2N(C)C)cc1C. The van der Waals surface area contributed by atoms with Crippen LogP contribution in [0.15, 0.2) is 36.4 Å². The quantitative estimate of drug-likeness (QED) is 0.795. The Labute approximate surface area is 145 Å². The van der Waals surface area contributed by atoms with Crippen molar-refractivity contribution in [1.82, 2.24) is 0 Å². The van der Waals surface area contributed by atoms with Gasteiger partial charge in [-0.25, -0.2) is 0 Å². The topological polar surface area (TPSA) is 32.3 Å². The largest absolute Gasteiger partial charge is 0.416 e. The van der Waals surface area contributed by atoms with E-state index in [1.807, 2.05) is 19.9 Å². The van der Waals surface area contributed by atoms with Gasteiger partial charge in [-0.3, -0.25) is 4.79 Å². The van der Waals surface area contributed by atoms with Crippen LogP contribution in [0.4, 0.5) is 24.5 Å². The highest BCUT2D eigenvalue weighted by atomic mass is 19.4. The van der Waals surface area contributed by atoms with Crippen molar-refractivity contribution in [3.05, 3.63) is 58.7 Å². The highest BCUT2D eigenvalue weighted by Gasteiger charge is 2.31. The highest BCUT2D eigenvalue weighted by Crippen LogP contribution is 2.34. The van der Waals surface area contributed by atoms with E-state index < -0.39 is 11.7 Å². The van der Waals surface area contributed by atoms with Crippen LogP contribution in [0.25, 0.3) is 0 Å². The molecular weight excluding hydrogens is 329 g/mol. The van der Waals surface area contributed by atoms with E-state index in [4.69, 9.17) is 0 Å². The van der Waals surface area contributed by atoms with Crippen LogP contribution in [0.1, 0.15) is 27.0 Å². The number of nitrogens with one attached hydrogen (secondary N) is 1. The van der Waals surface area contributed by atoms with E-state index in [9.17, 15) is 18.0 Å². The Bertz CT molecular complexity index is 783. The van der Waals surface area contributed by atoms with Gasteiger partial charge in [-0.1, -0.05) is 12.1 Å². The summed E-state index contributed by atoms with van der Waals surface area (Å²) in [5, 5.41) is 2.85. The number of hydrogen-bond donors (Lipinski definition) is 1. The van der Waals surface area contributed by atoms with Gasteiger partial charge >= 0.3 is 6.18 Å². The summed E-state index contributed by atoms with van der Waals surface area (Å²) >= 11 is 0. The molecule has 0 unspecified atom stereocenters. The Balaban J connectivity index is 2.23. The van der Waals surface area contributed by atoms with Crippen LogP contribution >= 0.6 is 0 Å². The normalized spacial score (nSPS) is 11.3. The number of carbonyl (C=O) groups is 1. The maximum atomic E-state index is 12.9. The molecule has 0 bridgehead atoms. The molecule has 0 aliphatic rings. The summed E-state index contributed by atoms with van der Waals surface area (Å²) in [7, 11) is 3.47. The van der Waals surface area contributed by atoms with E-state index in [1.165, 1.54) is 6.07 Å². The first kappa shape index (κ1) is 18.8. The van der Waals surface area contributed by atoms with Gasteiger partial charge in [0.1, 0.15) is 0 Å². The Hall–Kier alpha value is -2.50. The summed E-state index contributed by atoms with van der Waals surface area (Å²) in [4.78, 5) is 14.0. The Kier molecular flexibility index (Phi) is 5.40. The minimum Gasteiger partial charge on any atom is -0.376 e. The Morgan fingerprint density at radius 1 is 1.04 bits per heavy atom. The lowest BCUT2D eigenvalue weighted by Gasteiger charge is -2.20. The molecule has 2 aromatic rings. The number of aryl methyl sites for hydroxylation is 2. The fourth-order valence-corrected chi connectivity index (χ4v) is 2.44. The van der Waals surface area contributed by atoms with Gasteiger partial charge < -0.3 is 10.2 Å². The smallest absolute Gasteiger partial charge is 0.376 e. The van der Waals surface area contributed by atoms with Gasteiger partial charge in [0.05, 0.1) is 23.5 Å². The predicted octanol–water partition coefficient (Wildman–Crippen LogP) is 4.68. The zero-order valence-corrected chi connectivity index (χ0v) is 14.7. The number of halogens is 3. The fraction of sp³-hybridized carbons (Fsp3) is 0.316. The van der Waals surface area contributed by atoms with Crippen molar-refractivity contribution < 1.29 is 18.0 Å². The molecule has 0 saturated carbocycles. The minimum absolute atomic E-state index is 0.0787. The molecule has 0 aliphatic heterocycles. The molecule has 0 amide bonds. The van der Waals surface area contributed by atoms with E-state index in [1.54, 1.807) is 31.1 Å². The molecule has 3 nitrogen and oxygen atoms in total. The second-order valence-electron chi connectivity index (χ2n) is 6.20. The summed E-state index contributed by atoms with van der Waals surface area (Å²) in [6.07, 6.45) is -4.43. The maximum absolute atomic E-state index is 12.9. The molecule has 6 heteroatoms. The van der Waals surface area contributed by atoms with Gasteiger partial charge in [-0.2, -0.15) is 13.2 Å². The number of alkyl halides is 3. The van der Waals surface area contributed by atoms with Crippen molar-refractivity contribution in [2.45, 2.75) is 20.0 Å². The van der Waals surface area contributed by atoms with Crippen molar-refractivity contribution in [2.75, 3.05) is 30.9 Å². The zero-order chi connectivity index (χ0) is 18.8. The van der Waals surface area contributed by atoms with Crippen LogP contribution in [0.3, 0.4) is 0 Å². The van der Waals surface area contributed by atoms with Crippen LogP contribution in [0, 0.1) is 13.8 Å². The molecule has 134 valence electrons. The second-order valence-corrected chi connectivity index (χ2v) is 6.20. The number of benzene rings is 2. The van der Waals surface area contributed by atoms with Gasteiger partial charge in [0, 0.05) is 19.7 Å². The predicted molar refractivity (Wildman–Crippen MR) is 94.5 cm³/mol. The number of rotatable bonds is 5. The first-order valence-corrected chi connectivity index (χ1v) is 7.82. The molecule has 0 radical (unpaired) electrons. The summed E-state index contributed by atoms with van der Waals surface area (Å²) < 4.78 is 38.8. The van der Waals surface area contributed by atoms with Crippen molar-refractivity contribution >= 4 is 17.2 Å². The number of hydrogen-bond acceptors (Lipinski definition) is 3. The average Bonchev–Trinajstić information content (AvgIpc) is 2.53. The van der Waals surface area contributed by atoms with E-state index in [-0.39, 0.29) is 18.0 Å². The van der Waals surface area contributed by atoms with E-state index in [0.717, 1.165) is 23.3 Å². The molecule has 25 heavy (non-hydrogen) atoms. The highest BCUT2D eigenvalue weighted by molar-refractivity contribution is 5.99. The molecule has 2 aromatic carbocycles. The number of anilines is 2. The van der Waals surface area contributed by atoms with E-state index in [0.29, 0.717) is 11.3 Å². The number of nitrogens with zero attached hydrogens (tertiary/aromatic N) is 1. The first-order chi connectivity index (χ1) is 11.6. The van der Waals surface area contributed by atoms with Crippen molar-refractivity contribution in [1.29, 1.82) is 0 Å². The number of Topliss-reactive ketones (excluding diaryl/α,β-unsaturated/α-hetero) is 1. The van der Waals surface area contributed by atoms with Crippen molar-refractivity contribution in [2.24, 2.45) is 0 Å². The van der Waals surface area contributed by atoms with Crippen LogP contribution < -0.4 is 10.2 Å². The zero-order valence-electron chi connectivity index (χ0n) is 14.7. The molecule has 2 rings (SSSR count). The first-order valence-electron chi connectivity index (χ1n) is 7.82. The third-order valence-corrected chi connectivity index (χ3v) is 4.07. The number of carbonyl (C=O) groups excluding carboxylic acids is 1. The van der Waals surface area contributed by atoms with Crippen LogP contribution in [0.5, 0.6) is 0 Å². The molecule has 0 aliphatic carbocycles. The molecule has 0 heterocycles. The molecule has 0 atom stereocenters. The van der Waals surface area contributed by atoms with E-state index >= 15 is 0 Å². The lowest BCUT2D eigenvalue weighted by Crippen LogP contribution is -2.18. The third kappa shape index (κ3) is 4.53. The lowest BCUT2D eigenvalue weighted by molar-refractivity contribution is -0.137. The summed E-state index contributed by atoms with van der Waals surface area (Å²) in [5.41, 5.74) is 2.72. The monoisotopic (exact) mass is 350 g/mol. The molecule has 0 aromatic heterocycles. The molecule has 0 saturated heterocycles. The van der Waals surface area contributed by atoms with E-state index in [2.05, 4.69) is 5.32 Å². The lowest BCUT2D eigenvalue weighted by atomic mass is 10.0. The molecule has 0 spiro atoms. The van der Waals surface area contributed by atoms with Gasteiger partial charge in [-0.05, 0) is 49.2 Å². The Morgan fingerprint density at radius 2 is 1.72 bits per heavy atom. The van der Waals surface area contributed by atoms with Gasteiger partial charge in [0.15, 0.2) is 5.78 Å². The van der Waals surface area contributed by atoms with Crippen molar-refractivity contribution in [3.8, 4) is 0 Å². The van der Waals surface area contributed by atoms with Gasteiger partial charge in [0.25, 0.3) is 0 Å².